The van der Waals surface area contributed by atoms with E-state index in [0.29, 0.717) is 0 Å². The van der Waals surface area contributed by atoms with Crippen LogP contribution in [-0.2, 0) is 9.53 Å². The molecule has 3 nitrogen and oxygen atoms in total. The molecule has 0 aromatic carbocycles. The number of alkyl halides is 9. The van der Waals surface area contributed by atoms with Gasteiger partial charge in [0.25, 0.3) is 0 Å². The van der Waals surface area contributed by atoms with E-state index in [9.17, 15) is 44.3 Å². The van der Waals surface area contributed by atoms with Crippen LogP contribution < -0.4 is 0 Å². The summed E-state index contributed by atoms with van der Waals surface area (Å²) in [4.78, 5) is 11.2. The molecule has 2 unspecified atom stereocenters. The number of esters is 1. The number of hydrogen-bond donors (Lipinski definition) is 1. The first-order chi connectivity index (χ1) is 10.5. The maximum Gasteiger partial charge on any atom is 0.460 e. The average molecular weight is 378 g/mol. The number of carbonyl (C=O) groups excluding carboxylic acids is 1. The van der Waals surface area contributed by atoms with Gasteiger partial charge >= 0.3 is 29.9 Å². The van der Waals surface area contributed by atoms with Crippen molar-refractivity contribution in [3.63, 3.8) is 0 Å². The molecule has 1 N–H and O–H groups in total. The standard InChI is InChI=1S/C12H15F9O3/c1-3-6(2)8(23)24-5-4-7(22)9(13,14)10(15,16)11(17,18)12(19,20)21/h6-7,22H,3-5H2,1-2H3. The fraction of sp³-hybridized carbons (Fsp3) is 0.917. The minimum absolute atomic E-state index is 0.285. The second-order valence-electron chi connectivity index (χ2n) is 5.05. The van der Waals surface area contributed by atoms with Crippen LogP contribution >= 0.6 is 0 Å². The predicted molar refractivity (Wildman–Crippen MR) is 61.9 cm³/mol. The Morgan fingerprint density at radius 1 is 1.00 bits per heavy atom. The van der Waals surface area contributed by atoms with E-state index in [4.69, 9.17) is 5.11 Å². The second-order valence-corrected chi connectivity index (χ2v) is 5.05. The Kier molecular flexibility index (Phi) is 6.99. The van der Waals surface area contributed by atoms with Gasteiger partial charge in [0.1, 0.15) is 6.10 Å². The van der Waals surface area contributed by atoms with E-state index in [2.05, 4.69) is 4.74 Å². The Morgan fingerprint density at radius 2 is 1.46 bits per heavy atom. The molecule has 0 radical (unpaired) electrons. The molecule has 144 valence electrons. The summed E-state index contributed by atoms with van der Waals surface area (Å²) in [6.07, 6.45) is -11.7. The van der Waals surface area contributed by atoms with Crippen LogP contribution in [0.4, 0.5) is 39.5 Å². The van der Waals surface area contributed by atoms with Crippen LogP contribution in [0.3, 0.4) is 0 Å². The SMILES string of the molecule is CCC(C)C(=O)OCCC(O)C(F)(F)C(F)(F)C(F)(F)C(F)(F)F. The quantitative estimate of drug-likeness (QED) is 0.516. The van der Waals surface area contributed by atoms with Crippen LogP contribution in [0.2, 0.25) is 0 Å². The van der Waals surface area contributed by atoms with E-state index in [-0.39, 0.29) is 6.42 Å². The molecule has 0 saturated carbocycles. The molecular formula is C12H15F9O3. The minimum Gasteiger partial charge on any atom is -0.465 e. The molecule has 24 heavy (non-hydrogen) atoms. The Hall–Kier alpha value is -1.20. The highest BCUT2D eigenvalue weighted by atomic mass is 19.4. The highest BCUT2D eigenvalue weighted by Gasteiger charge is 2.82. The van der Waals surface area contributed by atoms with Gasteiger partial charge in [0.05, 0.1) is 12.5 Å². The molecule has 2 atom stereocenters. The zero-order valence-electron chi connectivity index (χ0n) is 12.4. The van der Waals surface area contributed by atoms with Gasteiger partial charge in [0.15, 0.2) is 0 Å². The van der Waals surface area contributed by atoms with Crippen molar-refractivity contribution >= 4 is 5.97 Å². The van der Waals surface area contributed by atoms with Gasteiger partial charge in [0.2, 0.25) is 0 Å². The number of halogens is 9. The summed E-state index contributed by atoms with van der Waals surface area (Å²) in [5.74, 6) is -21.7. The fourth-order valence-electron chi connectivity index (χ4n) is 1.36. The second kappa shape index (κ2) is 7.36. The Balaban J connectivity index is 5.07. The van der Waals surface area contributed by atoms with Gasteiger partial charge in [-0.2, -0.15) is 39.5 Å². The summed E-state index contributed by atoms with van der Waals surface area (Å²) < 4.78 is 118. The maximum absolute atomic E-state index is 13.2. The van der Waals surface area contributed by atoms with E-state index in [1.54, 1.807) is 6.92 Å². The molecule has 0 spiro atoms. The first-order valence-electron chi connectivity index (χ1n) is 6.58. The molecule has 0 rings (SSSR count). The molecule has 0 aromatic heterocycles. The Morgan fingerprint density at radius 3 is 1.83 bits per heavy atom. The molecule has 0 saturated heterocycles. The molecule has 0 fully saturated rings. The number of hydrogen-bond acceptors (Lipinski definition) is 3. The smallest absolute Gasteiger partial charge is 0.460 e. The van der Waals surface area contributed by atoms with E-state index < -0.39 is 55.0 Å². The number of carbonyl (C=O) groups is 1. The number of ether oxygens (including phenoxy) is 1. The van der Waals surface area contributed by atoms with Crippen LogP contribution in [0.25, 0.3) is 0 Å². The van der Waals surface area contributed by atoms with Gasteiger partial charge < -0.3 is 9.84 Å². The summed E-state index contributed by atoms with van der Waals surface area (Å²) in [7, 11) is 0. The van der Waals surface area contributed by atoms with Gasteiger partial charge in [0, 0.05) is 6.42 Å². The first kappa shape index (κ1) is 22.8. The molecule has 12 heteroatoms. The monoisotopic (exact) mass is 378 g/mol. The summed E-state index contributed by atoms with van der Waals surface area (Å²) in [5.41, 5.74) is 0. The van der Waals surface area contributed by atoms with E-state index in [1.807, 2.05) is 0 Å². The van der Waals surface area contributed by atoms with Gasteiger partial charge in [-0.15, -0.1) is 0 Å². The number of aliphatic hydroxyl groups excluding tert-OH is 1. The summed E-state index contributed by atoms with van der Waals surface area (Å²) >= 11 is 0. The van der Waals surface area contributed by atoms with Crippen molar-refractivity contribution < 1.29 is 54.2 Å². The third kappa shape index (κ3) is 4.25. The van der Waals surface area contributed by atoms with E-state index in [1.165, 1.54) is 6.92 Å². The summed E-state index contributed by atoms with van der Waals surface area (Å²) in [6.45, 7) is 1.88. The van der Waals surface area contributed by atoms with E-state index >= 15 is 0 Å². The van der Waals surface area contributed by atoms with Crippen molar-refractivity contribution in [1.82, 2.24) is 0 Å². The highest BCUT2D eigenvalue weighted by molar-refractivity contribution is 5.71. The molecule has 0 amide bonds. The molecule has 0 aliphatic heterocycles. The van der Waals surface area contributed by atoms with Gasteiger partial charge in [-0.3, -0.25) is 4.79 Å². The van der Waals surface area contributed by atoms with Crippen molar-refractivity contribution in [3.05, 3.63) is 0 Å². The Bertz CT molecular complexity index is 434. The highest BCUT2D eigenvalue weighted by Crippen LogP contribution is 2.54. The lowest BCUT2D eigenvalue weighted by Crippen LogP contribution is -2.64. The minimum atomic E-state index is -7.07. The van der Waals surface area contributed by atoms with Crippen LogP contribution in [0.5, 0.6) is 0 Å². The zero-order valence-corrected chi connectivity index (χ0v) is 12.4. The summed E-state index contributed by atoms with van der Waals surface area (Å²) in [5, 5.41) is 8.93. The maximum atomic E-state index is 13.2. The molecule has 0 aliphatic carbocycles. The summed E-state index contributed by atoms with van der Waals surface area (Å²) in [6, 6.07) is 0. The molecule has 0 heterocycles. The fourth-order valence-corrected chi connectivity index (χ4v) is 1.36. The van der Waals surface area contributed by atoms with E-state index in [0.717, 1.165) is 0 Å². The van der Waals surface area contributed by atoms with Gasteiger partial charge in [-0.1, -0.05) is 13.8 Å². The number of rotatable bonds is 8. The van der Waals surface area contributed by atoms with Crippen molar-refractivity contribution in [2.24, 2.45) is 5.92 Å². The lowest BCUT2D eigenvalue weighted by atomic mass is 9.97. The molecule has 0 aliphatic rings. The molecule has 0 bridgehead atoms. The van der Waals surface area contributed by atoms with Gasteiger partial charge in [-0.25, -0.2) is 0 Å². The van der Waals surface area contributed by atoms with Crippen LogP contribution in [0.1, 0.15) is 26.7 Å². The van der Waals surface area contributed by atoms with Crippen molar-refractivity contribution in [3.8, 4) is 0 Å². The van der Waals surface area contributed by atoms with Crippen molar-refractivity contribution in [1.29, 1.82) is 0 Å². The first-order valence-corrected chi connectivity index (χ1v) is 6.58. The molecular weight excluding hydrogens is 363 g/mol. The van der Waals surface area contributed by atoms with Crippen LogP contribution in [0, 0.1) is 5.92 Å². The number of aliphatic hydroxyl groups is 1. The van der Waals surface area contributed by atoms with Crippen LogP contribution in [0.15, 0.2) is 0 Å². The lowest BCUT2D eigenvalue weighted by Gasteiger charge is -2.35. The van der Waals surface area contributed by atoms with Crippen molar-refractivity contribution in [2.45, 2.75) is 56.7 Å². The van der Waals surface area contributed by atoms with Gasteiger partial charge in [-0.05, 0) is 6.42 Å². The third-order valence-electron chi connectivity index (χ3n) is 3.24. The van der Waals surface area contributed by atoms with Crippen LogP contribution in [-0.4, -0.2) is 47.7 Å². The average Bonchev–Trinajstić information content (AvgIpc) is 2.44. The largest absolute Gasteiger partial charge is 0.465 e. The predicted octanol–water partition coefficient (Wildman–Crippen LogP) is 3.79. The Labute approximate surface area is 130 Å². The normalized spacial score (nSPS) is 16.7. The van der Waals surface area contributed by atoms with Crippen molar-refractivity contribution in [2.75, 3.05) is 6.61 Å². The zero-order chi connectivity index (χ0) is 19.6. The third-order valence-corrected chi connectivity index (χ3v) is 3.24. The molecule has 0 aromatic rings. The lowest BCUT2D eigenvalue weighted by molar-refractivity contribution is -0.406. The topological polar surface area (TPSA) is 46.5 Å².